The molecule has 1 aliphatic rings. The largest absolute Gasteiger partial charge is 0.343 e. The fraction of sp³-hybridized carbons (Fsp3) is 0.0714. The van der Waals surface area contributed by atoms with E-state index in [1.54, 1.807) is 22.7 Å². The summed E-state index contributed by atoms with van der Waals surface area (Å²) >= 11 is 6.12. The first-order valence-electron chi connectivity index (χ1n) is 12.0. The summed E-state index contributed by atoms with van der Waals surface area (Å²) in [7, 11) is 4.27. The summed E-state index contributed by atoms with van der Waals surface area (Å²) in [5.74, 6) is 0. The minimum absolute atomic E-state index is 0.906. The van der Waals surface area contributed by atoms with Gasteiger partial charge in [0.25, 0.3) is 0 Å². The van der Waals surface area contributed by atoms with Gasteiger partial charge in [0, 0.05) is 56.8 Å². The Hall–Kier alpha value is -3.70. The van der Waals surface area contributed by atoms with E-state index in [1.165, 1.54) is 65.3 Å². The first-order valence-corrected chi connectivity index (χ1v) is 15.1. The molecule has 6 nitrogen and oxygen atoms in total. The number of aromatic nitrogens is 4. The molecule has 9 rings (SSSR count). The number of hydrogen-bond acceptors (Lipinski definition) is 7. The second kappa shape index (κ2) is 7.45. The SMILES string of the molecule is Cn1c2ccccc2c2sc(-c3c4c(c(-c5cc6c(s5)c5ccccc5n6C)c5nsnc35)N=S=N4)cc21. The van der Waals surface area contributed by atoms with Gasteiger partial charge >= 0.3 is 0 Å². The van der Waals surface area contributed by atoms with E-state index in [0.29, 0.717) is 0 Å². The number of benzene rings is 3. The summed E-state index contributed by atoms with van der Waals surface area (Å²) < 4.78 is 26.4. The molecule has 6 heterocycles. The fourth-order valence-electron chi connectivity index (χ4n) is 5.79. The topological polar surface area (TPSA) is 60.4 Å². The molecule has 0 saturated heterocycles. The highest BCUT2D eigenvalue weighted by Crippen LogP contribution is 2.55. The van der Waals surface area contributed by atoms with Crippen molar-refractivity contribution in [3.05, 3.63) is 60.7 Å². The van der Waals surface area contributed by atoms with Crippen LogP contribution in [0.15, 0.2) is 69.4 Å². The van der Waals surface area contributed by atoms with Crippen molar-refractivity contribution in [2.24, 2.45) is 22.8 Å². The molecule has 8 aromatic rings. The predicted molar refractivity (Wildman–Crippen MR) is 164 cm³/mol. The van der Waals surface area contributed by atoms with Crippen molar-refractivity contribution in [2.75, 3.05) is 0 Å². The molecule has 0 N–H and O–H groups in total. The van der Waals surface area contributed by atoms with Crippen LogP contribution in [-0.4, -0.2) is 17.9 Å². The monoisotopic (exact) mass is 564 g/mol. The van der Waals surface area contributed by atoms with Crippen LogP contribution >= 0.6 is 34.4 Å². The van der Waals surface area contributed by atoms with Gasteiger partial charge in [-0.25, -0.2) is 0 Å². The van der Waals surface area contributed by atoms with Crippen molar-refractivity contribution < 1.29 is 0 Å². The lowest BCUT2D eigenvalue weighted by atomic mass is 10.0. The zero-order valence-corrected chi connectivity index (χ0v) is 23.4. The maximum Gasteiger partial charge on any atom is 0.116 e. The van der Waals surface area contributed by atoms with Crippen molar-refractivity contribution in [2.45, 2.75) is 0 Å². The van der Waals surface area contributed by atoms with E-state index in [0.717, 1.165) is 43.3 Å². The number of fused-ring (bicyclic) bond motifs is 8. The van der Waals surface area contributed by atoms with E-state index >= 15 is 0 Å². The fourth-order valence-corrected chi connectivity index (χ4v) is 9.45. The highest BCUT2D eigenvalue weighted by atomic mass is 32.1. The molecular formula is C28H16N6S4. The molecule has 0 unspecified atom stereocenters. The van der Waals surface area contributed by atoms with E-state index in [1.807, 2.05) is 0 Å². The predicted octanol–water partition coefficient (Wildman–Crippen LogP) is 9.16. The minimum atomic E-state index is 0.906. The van der Waals surface area contributed by atoms with Gasteiger partial charge in [-0.2, -0.15) is 17.5 Å². The second-order valence-corrected chi connectivity index (χ2v) is 12.6. The van der Waals surface area contributed by atoms with Crippen LogP contribution in [0.5, 0.6) is 0 Å². The van der Waals surface area contributed by atoms with Crippen LogP contribution < -0.4 is 0 Å². The quantitative estimate of drug-likeness (QED) is 0.210. The summed E-state index contributed by atoms with van der Waals surface area (Å²) in [5, 5.41) is 2.55. The zero-order chi connectivity index (χ0) is 25.1. The molecule has 38 heavy (non-hydrogen) atoms. The number of hydrogen-bond donors (Lipinski definition) is 0. The molecule has 0 saturated carbocycles. The maximum atomic E-state index is 4.83. The Labute approximate surface area is 231 Å². The van der Waals surface area contributed by atoms with E-state index in [-0.39, 0.29) is 0 Å². The number of thiophene rings is 2. The van der Waals surface area contributed by atoms with Gasteiger partial charge in [0.05, 0.1) is 43.5 Å². The molecule has 1 aliphatic heterocycles. The average Bonchev–Trinajstić information content (AvgIpc) is 3.78. The molecule has 0 radical (unpaired) electrons. The summed E-state index contributed by atoms with van der Waals surface area (Å²) in [4.78, 5) is 2.31. The van der Waals surface area contributed by atoms with Crippen molar-refractivity contribution in [3.63, 3.8) is 0 Å². The van der Waals surface area contributed by atoms with Crippen LogP contribution in [0, 0.1) is 0 Å². The number of rotatable bonds is 2. The first kappa shape index (κ1) is 21.3. The normalized spacial score (nSPS) is 13.1. The highest BCUT2D eigenvalue weighted by Gasteiger charge is 2.29. The highest BCUT2D eigenvalue weighted by molar-refractivity contribution is 7.58. The molecule has 0 aliphatic carbocycles. The summed E-state index contributed by atoms with van der Waals surface area (Å²) in [5.41, 5.74) is 10.6. The molecule has 0 bridgehead atoms. The summed E-state index contributed by atoms with van der Waals surface area (Å²) in [6, 6.07) is 21.7. The average molecular weight is 565 g/mol. The van der Waals surface area contributed by atoms with Crippen molar-refractivity contribution >= 4 is 110 Å². The third-order valence-electron chi connectivity index (χ3n) is 7.58. The number of nitrogens with zero attached hydrogens (tertiary/aromatic N) is 6. The van der Waals surface area contributed by atoms with Gasteiger partial charge in [-0.05, 0) is 24.3 Å². The zero-order valence-electron chi connectivity index (χ0n) is 20.1. The molecule has 0 spiro atoms. The molecule has 0 amide bonds. The Balaban J connectivity index is 1.33. The Kier molecular flexibility index (Phi) is 4.17. The van der Waals surface area contributed by atoms with E-state index < -0.39 is 0 Å². The van der Waals surface area contributed by atoms with Gasteiger partial charge in [-0.15, -0.1) is 22.7 Å². The van der Waals surface area contributed by atoms with Gasteiger partial charge in [-0.1, -0.05) is 36.4 Å². The van der Waals surface area contributed by atoms with Gasteiger partial charge in [0.1, 0.15) is 22.4 Å². The Morgan fingerprint density at radius 3 is 1.58 bits per heavy atom. The van der Waals surface area contributed by atoms with E-state index in [4.69, 9.17) is 17.5 Å². The lowest BCUT2D eigenvalue weighted by molar-refractivity contribution is 1.02. The molecule has 3 aromatic carbocycles. The number of para-hydroxylation sites is 2. The molecular weight excluding hydrogens is 549 g/mol. The second-order valence-electron chi connectivity index (χ2n) is 9.48. The maximum absolute atomic E-state index is 4.83. The van der Waals surface area contributed by atoms with Crippen LogP contribution in [0.2, 0.25) is 0 Å². The van der Waals surface area contributed by atoms with Gasteiger partial charge in [0.2, 0.25) is 0 Å². The van der Waals surface area contributed by atoms with Crippen LogP contribution in [0.3, 0.4) is 0 Å². The summed E-state index contributed by atoms with van der Waals surface area (Å²) in [6.45, 7) is 0. The smallest absolute Gasteiger partial charge is 0.116 e. The minimum Gasteiger partial charge on any atom is -0.343 e. The van der Waals surface area contributed by atoms with Crippen LogP contribution in [-0.2, 0) is 25.4 Å². The number of aryl methyl sites for hydroxylation is 2. The lowest BCUT2D eigenvalue weighted by Crippen LogP contribution is -1.87. The van der Waals surface area contributed by atoms with Crippen molar-refractivity contribution in [3.8, 4) is 20.9 Å². The first-order chi connectivity index (χ1) is 18.7. The third kappa shape index (κ3) is 2.60. The van der Waals surface area contributed by atoms with E-state index in [9.17, 15) is 0 Å². The van der Waals surface area contributed by atoms with Crippen molar-refractivity contribution in [1.29, 1.82) is 0 Å². The molecule has 5 aromatic heterocycles. The summed E-state index contributed by atoms with van der Waals surface area (Å²) in [6.07, 6.45) is 0. The standard InChI is InChI=1S/C28H16N6S4/c1-33-15-9-5-3-7-13(15)27-17(33)11-19(35-27)21-23-25(31-37-29-23)22(26-24(21)30-38-32-26)20-12-18-28(36-20)14-8-4-6-10-16(14)34(18)2/h3-12H,1-2H3. The Bertz CT molecular complexity index is 2210. The molecule has 0 atom stereocenters. The molecule has 10 heteroatoms. The lowest BCUT2D eigenvalue weighted by Gasteiger charge is -2.09. The Morgan fingerprint density at radius 2 is 1.08 bits per heavy atom. The Morgan fingerprint density at radius 1 is 0.605 bits per heavy atom. The van der Waals surface area contributed by atoms with E-state index in [2.05, 4.69) is 83.9 Å². The van der Waals surface area contributed by atoms with Gasteiger partial charge < -0.3 is 9.13 Å². The van der Waals surface area contributed by atoms with Crippen LogP contribution in [0.25, 0.3) is 74.2 Å². The van der Waals surface area contributed by atoms with Gasteiger partial charge in [0.15, 0.2) is 0 Å². The van der Waals surface area contributed by atoms with Crippen molar-refractivity contribution in [1.82, 2.24) is 17.9 Å². The third-order valence-corrected chi connectivity index (χ3v) is 11.0. The molecule has 0 fully saturated rings. The molecule has 182 valence electrons. The van der Waals surface area contributed by atoms with Crippen LogP contribution in [0.4, 0.5) is 11.4 Å². The van der Waals surface area contributed by atoms with Gasteiger partial charge in [-0.3, -0.25) is 0 Å². The van der Waals surface area contributed by atoms with Crippen LogP contribution in [0.1, 0.15) is 0 Å².